The van der Waals surface area contributed by atoms with Gasteiger partial charge in [0.05, 0.1) is 13.2 Å². The molecule has 140 valence electrons. The summed E-state index contributed by atoms with van der Waals surface area (Å²) < 4.78 is 5.06. The normalized spacial score (nSPS) is 16.8. The van der Waals surface area contributed by atoms with E-state index in [1.165, 1.54) is 5.56 Å². The number of piperazine rings is 1. The van der Waals surface area contributed by atoms with E-state index in [-0.39, 0.29) is 0 Å². The minimum atomic E-state index is 0.688. The van der Waals surface area contributed by atoms with Crippen LogP contribution < -0.4 is 10.6 Å². The van der Waals surface area contributed by atoms with Gasteiger partial charge in [-0.3, -0.25) is 14.8 Å². The molecule has 1 heterocycles. The van der Waals surface area contributed by atoms with Crippen molar-refractivity contribution in [2.45, 2.75) is 13.5 Å². The van der Waals surface area contributed by atoms with Crippen molar-refractivity contribution in [3.63, 3.8) is 0 Å². The van der Waals surface area contributed by atoms with Crippen molar-refractivity contribution in [1.82, 2.24) is 20.4 Å². The summed E-state index contributed by atoms with van der Waals surface area (Å²) in [6.07, 6.45) is 0. The molecule has 1 aliphatic rings. The number of hydrogen-bond acceptors (Lipinski definition) is 4. The first kappa shape index (κ1) is 19.7. The maximum Gasteiger partial charge on any atom is 0.191 e. The molecule has 1 aliphatic heterocycles. The van der Waals surface area contributed by atoms with E-state index in [1.54, 1.807) is 7.11 Å². The molecule has 0 unspecified atom stereocenters. The Morgan fingerprint density at radius 1 is 1.08 bits per heavy atom. The van der Waals surface area contributed by atoms with Gasteiger partial charge in [0.15, 0.2) is 5.96 Å². The first-order valence-corrected chi connectivity index (χ1v) is 9.31. The average Bonchev–Trinajstić information content (AvgIpc) is 2.64. The molecular weight excluding hydrogens is 314 g/mol. The zero-order chi connectivity index (χ0) is 17.7. The van der Waals surface area contributed by atoms with Gasteiger partial charge in [-0.2, -0.15) is 0 Å². The molecule has 1 fully saturated rings. The Morgan fingerprint density at radius 2 is 1.80 bits per heavy atom. The minimum Gasteiger partial charge on any atom is -0.383 e. The molecule has 6 nitrogen and oxygen atoms in total. The van der Waals surface area contributed by atoms with Crippen LogP contribution in [0.3, 0.4) is 0 Å². The predicted octanol–water partition coefficient (Wildman–Crippen LogP) is 1.01. The van der Waals surface area contributed by atoms with Gasteiger partial charge in [-0.1, -0.05) is 30.3 Å². The van der Waals surface area contributed by atoms with Crippen LogP contribution in [0.5, 0.6) is 0 Å². The Hall–Kier alpha value is -1.63. The third kappa shape index (κ3) is 7.86. The van der Waals surface area contributed by atoms with Gasteiger partial charge in [-0.25, -0.2) is 0 Å². The molecule has 6 heteroatoms. The van der Waals surface area contributed by atoms with Crippen LogP contribution in [0, 0.1) is 0 Å². The van der Waals surface area contributed by atoms with Gasteiger partial charge in [0.25, 0.3) is 0 Å². The Labute approximate surface area is 152 Å². The number of ether oxygens (including phenoxy) is 1. The van der Waals surface area contributed by atoms with Crippen molar-refractivity contribution in [1.29, 1.82) is 0 Å². The van der Waals surface area contributed by atoms with Gasteiger partial charge >= 0.3 is 0 Å². The highest BCUT2D eigenvalue weighted by Gasteiger charge is 2.16. The Balaban J connectivity index is 1.66. The van der Waals surface area contributed by atoms with Crippen LogP contribution in [0.4, 0.5) is 0 Å². The first-order valence-electron chi connectivity index (χ1n) is 9.31. The summed E-state index contributed by atoms with van der Waals surface area (Å²) in [5.41, 5.74) is 1.40. The number of guanidine groups is 1. The monoisotopic (exact) mass is 347 g/mol. The van der Waals surface area contributed by atoms with E-state index < -0.39 is 0 Å². The van der Waals surface area contributed by atoms with Gasteiger partial charge in [0.2, 0.25) is 0 Å². The summed E-state index contributed by atoms with van der Waals surface area (Å²) in [6.45, 7) is 11.8. The molecule has 1 aromatic carbocycles. The smallest absolute Gasteiger partial charge is 0.191 e. The lowest BCUT2D eigenvalue weighted by Crippen LogP contribution is -2.46. The van der Waals surface area contributed by atoms with E-state index in [0.29, 0.717) is 6.61 Å². The fraction of sp³-hybridized carbons (Fsp3) is 0.632. The van der Waals surface area contributed by atoms with Crippen molar-refractivity contribution in [2.24, 2.45) is 4.99 Å². The third-order valence-electron chi connectivity index (χ3n) is 4.34. The molecule has 0 bridgehead atoms. The predicted molar refractivity (Wildman–Crippen MR) is 104 cm³/mol. The molecule has 0 saturated carbocycles. The van der Waals surface area contributed by atoms with Crippen molar-refractivity contribution >= 4 is 5.96 Å². The highest BCUT2D eigenvalue weighted by molar-refractivity contribution is 5.79. The second-order valence-electron chi connectivity index (χ2n) is 6.28. The average molecular weight is 348 g/mol. The lowest BCUT2D eigenvalue weighted by atomic mass is 10.2. The lowest BCUT2D eigenvalue weighted by Gasteiger charge is -2.34. The molecule has 0 aliphatic carbocycles. The van der Waals surface area contributed by atoms with Gasteiger partial charge < -0.3 is 15.4 Å². The molecule has 1 saturated heterocycles. The van der Waals surface area contributed by atoms with E-state index in [4.69, 9.17) is 4.74 Å². The Morgan fingerprint density at radius 3 is 2.48 bits per heavy atom. The molecular formula is C19H33N5O. The first-order chi connectivity index (χ1) is 12.3. The third-order valence-corrected chi connectivity index (χ3v) is 4.34. The summed E-state index contributed by atoms with van der Waals surface area (Å²) >= 11 is 0. The summed E-state index contributed by atoms with van der Waals surface area (Å²) in [7, 11) is 1.71. The van der Waals surface area contributed by atoms with Crippen LogP contribution in [0.2, 0.25) is 0 Å². The topological polar surface area (TPSA) is 52.1 Å². The van der Waals surface area contributed by atoms with E-state index >= 15 is 0 Å². The number of nitrogens with zero attached hydrogens (tertiary/aromatic N) is 3. The fourth-order valence-corrected chi connectivity index (χ4v) is 2.93. The van der Waals surface area contributed by atoms with Crippen molar-refractivity contribution in [2.75, 3.05) is 66.1 Å². The zero-order valence-corrected chi connectivity index (χ0v) is 15.7. The number of methoxy groups -OCH3 is 1. The fourth-order valence-electron chi connectivity index (χ4n) is 2.93. The standard InChI is InChI=1S/C19H33N5O/c1-3-20-19(22-10-16-25-2)21-9-11-23-12-14-24(15-13-23)17-18-7-5-4-6-8-18/h4-8H,3,9-17H2,1-2H3,(H2,20,21,22). The maximum atomic E-state index is 5.06. The van der Waals surface area contributed by atoms with E-state index in [9.17, 15) is 0 Å². The summed E-state index contributed by atoms with van der Waals surface area (Å²) in [6, 6.07) is 10.7. The summed E-state index contributed by atoms with van der Waals surface area (Å²) in [5, 5.41) is 6.55. The molecule has 1 aromatic rings. The SMILES string of the molecule is CCNC(=NCCN1CCN(Cc2ccccc2)CC1)NCCOC. The van der Waals surface area contributed by atoms with Crippen LogP contribution in [-0.4, -0.2) is 81.8 Å². The number of rotatable bonds is 9. The van der Waals surface area contributed by atoms with Crippen LogP contribution in [0.1, 0.15) is 12.5 Å². The second-order valence-corrected chi connectivity index (χ2v) is 6.28. The largest absolute Gasteiger partial charge is 0.383 e. The highest BCUT2D eigenvalue weighted by Crippen LogP contribution is 2.08. The Kier molecular flexibility index (Phi) is 9.33. The van der Waals surface area contributed by atoms with Crippen molar-refractivity contribution in [3.05, 3.63) is 35.9 Å². The summed E-state index contributed by atoms with van der Waals surface area (Å²) in [4.78, 5) is 9.69. The van der Waals surface area contributed by atoms with Crippen LogP contribution in [0.15, 0.2) is 35.3 Å². The van der Waals surface area contributed by atoms with E-state index in [1.807, 2.05) is 0 Å². The molecule has 0 atom stereocenters. The molecule has 2 rings (SSSR count). The molecule has 0 radical (unpaired) electrons. The van der Waals surface area contributed by atoms with Crippen molar-refractivity contribution < 1.29 is 4.74 Å². The Bertz CT molecular complexity index is 486. The quantitative estimate of drug-likeness (QED) is 0.397. The van der Waals surface area contributed by atoms with E-state index in [2.05, 4.69) is 62.7 Å². The molecule has 0 spiro atoms. The number of hydrogen-bond donors (Lipinski definition) is 2. The maximum absolute atomic E-state index is 5.06. The zero-order valence-electron chi connectivity index (χ0n) is 15.7. The lowest BCUT2D eigenvalue weighted by molar-refractivity contribution is 0.130. The van der Waals surface area contributed by atoms with Crippen LogP contribution in [0.25, 0.3) is 0 Å². The van der Waals surface area contributed by atoms with Gasteiger partial charge in [-0.05, 0) is 12.5 Å². The van der Waals surface area contributed by atoms with Crippen molar-refractivity contribution in [3.8, 4) is 0 Å². The number of nitrogens with one attached hydrogen (secondary N) is 2. The van der Waals surface area contributed by atoms with Crippen LogP contribution >= 0.6 is 0 Å². The molecule has 2 N–H and O–H groups in total. The minimum absolute atomic E-state index is 0.688. The second kappa shape index (κ2) is 11.8. The number of aliphatic imine (C=N–C) groups is 1. The summed E-state index contributed by atoms with van der Waals surface area (Å²) in [5.74, 6) is 0.877. The van der Waals surface area contributed by atoms with Gasteiger partial charge in [0.1, 0.15) is 0 Å². The molecule has 25 heavy (non-hydrogen) atoms. The van der Waals surface area contributed by atoms with Crippen LogP contribution in [-0.2, 0) is 11.3 Å². The highest BCUT2D eigenvalue weighted by atomic mass is 16.5. The van der Waals surface area contributed by atoms with E-state index in [0.717, 1.165) is 64.9 Å². The molecule has 0 aromatic heterocycles. The molecule has 0 amide bonds. The van der Waals surface area contributed by atoms with Gasteiger partial charge in [0, 0.05) is 59.5 Å². The number of benzene rings is 1. The van der Waals surface area contributed by atoms with Gasteiger partial charge in [-0.15, -0.1) is 0 Å².